The number of halogens is 3. The quantitative estimate of drug-likeness (QED) is 0.496. The number of aryl methyl sites for hydroxylation is 1. The zero-order chi connectivity index (χ0) is 17.7. The summed E-state index contributed by atoms with van der Waals surface area (Å²) in [5.74, 6) is -1.06. The SMILES string of the molecule is CCC(=O)Oc1cccc(F)c1COc1cc(F)c(CC)cc1Br. The van der Waals surface area contributed by atoms with Crippen molar-refractivity contribution in [3.8, 4) is 11.5 Å². The Morgan fingerprint density at radius 1 is 1.12 bits per heavy atom. The second kappa shape index (κ2) is 8.24. The largest absolute Gasteiger partial charge is 0.487 e. The zero-order valence-corrected chi connectivity index (χ0v) is 15.0. The van der Waals surface area contributed by atoms with Crippen LogP contribution >= 0.6 is 15.9 Å². The average molecular weight is 399 g/mol. The van der Waals surface area contributed by atoms with Gasteiger partial charge in [-0.2, -0.15) is 0 Å². The molecule has 0 saturated carbocycles. The van der Waals surface area contributed by atoms with E-state index in [2.05, 4.69) is 15.9 Å². The summed E-state index contributed by atoms with van der Waals surface area (Å²) in [6.07, 6.45) is 0.723. The van der Waals surface area contributed by atoms with Crippen molar-refractivity contribution in [3.05, 3.63) is 57.6 Å². The first-order valence-corrected chi connectivity index (χ1v) is 8.34. The van der Waals surface area contributed by atoms with Crippen molar-refractivity contribution in [1.29, 1.82) is 0 Å². The minimum Gasteiger partial charge on any atom is -0.487 e. The lowest BCUT2D eigenvalue weighted by Gasteiger charge is -2.13. The van der Waals surface area contributed by atoms with Gasteiger partial charge in [0.2, 0.25) is 0 Å². The Balaban J connectivity index is 2.23. The van der Waals surface area contributed by atoms with Crippen LogP contribution in [0.5, 0.6) is 11.5 Å². The first-order chi connectivity index (χ1) is 11.5. The summed E-state index contributed by atoms with van der Waals surface area (Å²) in [4.78, 5) is 11.4. The van der Waals surface area contributed by atoms with Gasteiger partial charge in [-0.25, -0.2) is 8.78 Å². The number of rotatable bonds is 6. The predicted molar refractivity (Wildman–Crippen MR) is 90.1 cm³/mol. The number of hydrogen-bond acceptors (Lipinski definition) is 3. The van der Waals surface area contributed by atoms with Crippen LogP contribution in [0, 0.1) is 11.6 Å². The highest BCUT2D eigenvalue weighted by molar-refractivity contribution is 9.10. The summed E-state index contributed by atoms with van der Waals surface area (Å²) in [6, 6.07) is 7.07. The van der Waals surface area contributed by atoms with Crippen LogP contribution in [0.25, 0.3) is 0 Å². The van der Waals surface area contributed by atoms with Crippen molar-refractivity contribution < 1.29 is 23.0 Å². The highest BCUT2D eigenvalue weighted by Gasteiger charge is 2.15. The molecule has 2 aromatic carbocycles. The van der Waals surface area contributed by atoms with Crippen LogP contribution < -0.4 is 9.47 Å². The molecule has 0 radical (unpaired) electrons. The third kappa shape index (κ3) is 4.32. The standard InChI is InChI=1S/C18H17BrF2O3/c1-3-11-8-13(19)17(9-15(11)21)23-10-12-14(20)6-5-7-16(12)24-18(22)4-2/h5-9H,3-4,10H2,1-2H3. The van der Waals surface area contributed by atoms with Gasteiger partial charge in [0.15, 0.2) is 0 Å². The highest BCUT2D eigenvalue weighted by atomic mass is 79.9. The summed E-state index contributed by atoms with van der Waals surface area (Å²) in [5.41, 5.74) is 0.656. The molecule has 0 amide bonds. The molecule has 2 aromatic rings. The van der Waals surface area contributed by atoms with E-state index in [0.717, 1.165) is 0 Å². The third-order valence-corrected chi connectivity index (χ3v) is 4.06. The molecule has 0 heterocycles. The summed E-state index contributed by atoms with van der Waals surface area (Å²) in [7, 11) is 0. The number of carbonyl (C=O) groups is 1. The number of benzene rings is 2. The van der Waals surface area contributed by atoms with E-state index >= 15 is 0 Å². The molecule has 0 bridgehead atoms. The number of carbonyl (C=O) groups excluding carboxylic acids is 1. The van der Waals surface area contributed by atoms with E-state index < -0.39 is 11.8 Å². The minimum atomic E-state index is -0.557. The lowest BCUT2D eigenvalue weighted by atomic mass is 10.1. The molecule has 0 fully saturated rings. The van der Waals surface area contributed by atoms with Gasteiger partial charge in [-0.3, -0.25) is 4.79 Å². The highest BCUT2D eigenvalue weighted by Crippen LogP contribution is 2.31. The summed E-state index contributed by atoms with van der Waals surface area (Å²) >= 11 is 3.31. The first-order valence-electron chi connectivity index (χ1n) is 7.55. The van der Waals surface area contributed by atoms with Gasteiger partial charge in [-0.15, -0.1) is 0 Å². The molecule has 0 saturated heterocycles. The van der Waals surface area contributed by atoms with Gasteiger partial charge in [-0.05, 0) is 46.1 Å². The van der Waals surface area contributed by atoms with Crippen molar-refractivity contribution in [2.75, 3.05) is 0 Å². The van der Waals surface area contributed by atoms with Crippen LogP contribution in [-0.2, 0) is 17.8 Å². The van der Waals surface area contributed by atoms with Crippen LogP contribution in [-0.4, -0.2) is 5.97 Å². The maximum atomic E-state index is 14.0. The molecule has 0 spiro atoms. The second-order valence-electron chi connectivity index (χ2n) is 5.06. The van der Waals surface area contributed by atoms with Gasteiger partial charge in [0.05, 0.1) is 10.0 Å². The van der Waals surface area contributed by atoms with Crippen molar-refractivity contribution in [2.45, 2.75) is 33.3 Å². The normalized spacial score (nSPS) is 10.5. The Hall–Kier alpha value is -1.95. The summed E-state index contributed by atoms with van der Waals surface area (Å²) in [5, 5.41) is 0. The monoisotopic (exact) mass is 398 g/mol. The van der Waals surface area contributed by atoms with Gasteiger partial charge in [-0.1, -0.05) is 19.9 Å². The van der Waals surface area contributed by atoms with E-state index in [4.69, 9.17) is 9.47 Å². The molecule has 0 N–H and O–H groups in total. The lowest BCUT2D eigenvalue weighted by molar-refractivity contribution is -0.134. The fraction of sp³-hybridized carbons (Fsp3) is 0.278. The Bertz CT molecular complexity index is 747. The van der Waals surface area contributed by atoms with Crippen LogP contribution in [0.2, 0.25) is 0 Å². The third-order valence-electron chi connectivity index (χ3n) is 3.44. The minimum absolute atomic E-state index is 0.101. The second-order valence-corrected chi connectivity index (χ2v) is 5.91. The summed E-state index contributed by atoms with van der Waals surface area (Å²) in [6.45, 7) is 3.30. The molecule has 0 aliphatic heterocycles. The van der Waals surface area contributed by atoms with Gasteiger partial charge < -0.3 is 9.47 Å². The van der Waals surface area contributed by atoms with Gasteiger partial charge >= 0.3 is 5.97 Å². The predicted octanol–water partition coefficient (Wildman–Crippen LogP) is 5.18. The molecule has 0 aromatic heterocycles. The fourth-order valence-electron chi connectivity index (χ4n) is 2.07. The molecule has 0 aliphatic rings. The zero-order valence-electron chi connectivity index (χ0n) is 13.4. The van der Waals surface area contributed by atoms with Gasteiger partial charge in [0, 0.05) is 12.5 Å². The average Bonchev–Trinajstić information content (AvgIpc) is 2.56. The number of hydrogen-bond donors (Lipinski definition) is 0. The van der Waals surface area contributed by atoms with E-state index in [-0.39, 0.29) is 35.9 Å². The van der Waals surface area contributed by atoms with Crippen LogP contribution in [0.15, 0.2) is 34.8 Å². The van der Waals surface area contributed by atoms with Crippen LogP contribution in [0.1, 0.15) is 31.4 Å². The van der Waals surface area contributed by atoms with Gasteiger partial charge in [0.1, 0.15) is 29.7 Å². The maximum absolute atomic E-state index is 14.0. The molecular formula is C18H17BrF2O3. The van der Waals surface area contributed by atoms with Gasteiger partial charge in [0.25, 0.3) is 0 Å². The molecule has 0 unspecified atom stereocenters. The van der Waals surface area contributed by atoms with Crippen molar-refractivity contribution in [1.82, 2.24) is 0 Å². The topological polar surface area (TPSA) is 35.5 Å². The van der Waals surface area contributed by atoms with E-state index in [0.29, 0.717) is 16.5 Å². The molecule has 2 rings (SSSR count). The van der Waals surface area contributed by atoms with Crippen molar-refractivity contribution >= 4 is 21.9 Å². The smallest absolute Gasteiger partial charge is 0.310 e. The van der Waals surface area contributed by atoms with Crippen molar-refractivity contribution in [2.24, 2.45) is 0 Å². The Kier molecular flexibility index (Phi) is 6.31. The molecule has 0 atom stereocenters. The molecule has 128 valence electrons. The number of esters is 1. The van der Waals surface area contributed by atoms with E-state index in [1.807, 2.05) is 6.92 Å². The Labute approximate surface area is 147 Å². The van der Waals surface area contributed by atoms with Crippen LogP contribution in [0.4, 0.5) is 8.78 Å². The van der Waals surface area contributed by atoms with E-state index in [9.17, 15) is 13.6 Å². The van der Waals surface area contributed by atoms with E-state index in [1.54, 1.807) is 13.0 Å². The molecule has 6 heteroatoms. The molecule has 3 nitrogen and oxygen atoms in total. The fourth-order valence-corrected chi connectivity index (χ4v) is 2.58. The first kappa shape index (κ1) is 18.4. The lowest BCUT2D eigenvalue weighted by Crippen LogP contribution is -2.10. The van der Waals surface area contributed by atoms with E-state index in [1.165, 1.54) is 24.3 Å². The Morgan fingerprint density at radius 2 is 1.88 bits per heavy atom. The molecular weight excluding hydrogens is 382 g/mol. The number of ether oxygens (including phenoxy) is 2. The molecule has 0 aliphatic carbocycles. The Morgan fingerprint density at radius 3 is 2.54 bits per heavy atom. The summed E-state index contributed by atoms with van der Waals surface area (Å²) < 4.78 is 39.1. The van der Waals surface area contributed by atoms with Crippen molar-refractivity contribution in [3.63, 3.8) is 0 Å². The van der Waals surface area contributed by atoms with Crippen LogP contribution in [0.3, 0.4) is 0 Å². The maximum Gasteiger partial charge on any atom is 0.310 e. The molecule has 24 heavy (non-hydrogen) atoms.